The summed E-state index contributed by atoms with van der Waals surface area (Å²) < 4.78 is 5.98. The Labute approximate surface area is 179 Å². The fourth-order valence-corrected chi connectivity index (χ4v) is 3.70. The van der Waals surface area contributed by atoms with Gasteiger partial charge in [-0.2, -0.15) is 0 Å². The van der Waals surface area contributed by atoms with Crippen LogP contribution in [0.4, 0.5) is 5.69 Å². The topological polar surface area (TPSA) is 21.3 Å². The molecule has 6 heteroatoms. The van der Waals surface area contributed by atoms with E-state index in [2.05, 4.69) is 11.4 Å². The number of halogens is 4. The van der Waals surface area contributed by atoms with Crippen LogP contribution >= 0.6 is 46.4 Å². The molecule has 140 valence electrons. The molecule has 27 heavy (non-hydrogen) atoms. The lowest BCUT2D eigenvalue weighted by Crippen LogP contribution is -2.05. The number of anilines is 1. The number of hydrogen-bond acceptors (Lipinski definition) is 2. The number of rotatable bonds is 6. The SMILES string of the molecule is Cc1cccc(NCc2cc(Cl)cc(Cl)c2OCc2ccc(Cl)cc2Cl)c1. The molecule has 0 radical (unpaired) electrons. The van der Waals surface area contributed by atoms with Gasteiger partial charge in [-0.15, -0.1) is 0 Å². The van der Waals surface area contributed by atoms with Gasteiger partial charge in [0.2, 0.25) is 0 Å². The van der Waals surface area contributed by atoms with Crippen molar-refractivity contribution in [2.75, 3.05) is 5.32 Å². The van der Waals surface area contributed by atoms with Gasteiger partial charge in [-0.1, -0.05) is 64.6 Å². The van der Waals surface area contributed by atoms with Crippen LogP contribution < -0.4 is 10.1 Å². The van der Waals surface area contributed by atoms with E-state index in [0.717, 1.165) is 16.8 Å². The largest absolute Gasteiger partial charge is 0.487 e. The average Bonchev–Trinajstić information content (AvgIpc) is 2.60. The summed E-state index contributed by atoms with van der Waals surface area (Å²) in [4.78, 5) is 0. The molecule has 3 rings (SSSR count). The van der Waals surface area contributed by atoms with Gasteiger partial charge in [-0.25, -0.2) is 0 Å². The first kappa shape index (κ1) is 20.2. The zero-order valence-electron chi connectivity index (χ0n) is 14.5. The van der Waals surface area contributed by atoms with E-state index in [9.17, 15) is 0 Å². The molecule has 0 saturated heterocycles. The maximum Gasteiger partial charge on any atom is 0.143 e. The fourth-order valence-electron chi connectivity index (χ4n) is 2.65. The first-order valence-corrected chi connectivity index (χ1v) is 9.79. The minimum Gasteiger partial charge on any atom is -0.487 e. The summed E-state index contributed by atoms with van der Waals surface area (Å²) in [5.74, 6) is 0.576. The van der Waals surface area contributed by atoms with Crippen molar-refractivity contribution in [1.29, 1.82) is 0 Å². The summed E-state index contributed by atoms with van der Waals surface area (Å²) in [6, 6.07) is 16.9. The molecule has 0 heterocycles. The standard InChI is InChI=1S/C21H17Cl4NO/c1-13-3-2-4-18(7-13)26-11-15-8-17(23)10-20(25)21(15)27-12-14-5-6-16(22)9-19(14)24/h2-10,26H,11-12H2,1H3. The van der Waals surface area contributed by atoms with Crippen molar-refractivity contribution in [3.05, 3.63) is 91.4 Å². The second-order valence-corrected chi connectivity index (χ2v) is 7.81. The lowest BCUT2D eigenvalue weighted by molar-refractivity contribution is 0.303. The summed E-state index contributed by atoms with van der Waals surface area (Å²) >= 11 is 24.7. The highest BCUT2D eigenvalue weighted by molar-refractivity contribution is 6.36. The second kappa shape index (κ2) is 9.07. The van der Waals surface area contributed by atoms with Gasteiger partial charge in [-0.3, -0.25) is 0 Å². The fraction of sp³-hybridized carbons (Fsp3) is 0.143. The first-order valence-electron chi connectivity index (χ1n) is 8.27. The van der Waals surface area contributed by atoms with Crippen molar-refractivity contribution in [2.24, 2.45) is 0 Å². The molecule has 0 aromatic heterocycles. The molecule has 1 N–H and O–H groups in total. The molecule has 0 unspecified atom stereocenters. The Bertz CT molecular complexity index is 959. The van der Waals surface area contributed by atoms with Crippen LogP contribution in [0.2, 0.25) is 20.1 Å². The molecule has 3 aromatic rings. The van der Waals surface area contributed by atoms with Crippen molar-refractivity contribution < 1.29 is 4.74 Å². The Morgan fingerprint density at radius 1 is 0.815 bits per heavy atom. The van der Waals surface area contributed by atoms with Crippen LogP contribution in [-0.2, 0) is 13.2 Å². The van der Waals surface area contributed by atoms with Crippen LogP contribution in [0, 0.1) is 6.92 Å². The van der Waals surface area contributed by atoms with E-state index in [1.807, 2.05) is 37.3 Å². The molecule has 0 spiro atoms. The van der Waals surface area contributed by atoms with E-state index in [1.165, 1.54) is 5.56 Å². The summed E-state index contributed by atoms with van der Waals surface area (Å²) in [5, 5.41) is 5.51. The van der Waals surface area contributed by atoms with Crippen molar-refractivity contribution in [2.45, 2.75) is 20.1 Å². The molecule has 0 saturated carbocycles. The van der Waals surface area contributed by atoms with E-state index in [1.54, 1.807) is 18.2 Å². The lowest BCUT2D eigenvalue weighted by Gasteiger charge is -2.16. The van der Waals surface area contributed by atoms with Gasteiger partial charge in [0, 0.05) is 38.4 Å². The van der Waals surface area contributed by atoms with Gasteiger partial charge in [0.05, 0.1) is 5.02 Å². The van der Waals surface area contributed by atoms with Gasteiger partial charge >= 0.3 is 0 Å². The van der Waals surface area contributed by atoms with E-state index in [4.69, 9.17) is 51.1 Å². The maximum atomic E-state index is 6.38. The van der Waals surface area contributed by atoms with Gasteiger partial charge in [0.25, 0.3) is 0 Å². The third kappa shape index (κ3) is 5.46. The zero-order valence-corrected chi connectivity index (χ0v) is 17.6. The lowest BCUT2D eigenvalue weighted by atomic mass is 10.1. The molecule has 2 nitrogen and oxygen atoms in total. The smallest absolute Gasteiger partial charge is 0.143 e. The van der Waals surface area contributed by atoms with Crippen LogP contribution in [-0.4, -0.2) is 0 Å². The Hall–Kier alpha value is -1.58. The number of benzene rings is 3. The molecular formula is C21H17Cl4NO. The van der Waals surface area contributed by atoms with Crippen molar-refractivity contribution in [3.8, 4) is 5.75 Å². The van der Waals surface area contributed by atoms with Gasteiger partial charge in [0.15, 0.2) is 0 Å². The molecule has 0 atom stereocenters. The van der Waals surface area contributed by atoms with Crippen LogP contribution in [0.1, 0.15) is 16.7 Å². The quantitative estimate of drug-likeness (QED) is 0.422. The highest BCUT2D eigenvalue weighted by Crippen LogP contribution is 2.34. The predicted molar refractivity (Wildman–Crippen MR) is 116 cm³/mol. The van der Waals surface area contributed by atoms with Crippen LogP contribution in [0.5, 0.6) is 5.75 Å². The van der Waals surface area contributed by atoms with E-state index < -0.39 is 0 Å². The number of nitrogens with one attached hydrogen (secondary N) is 1. The molecule has 0 aliphatic heterocycles. The monoisotopic (exact) mass is 439 g/mol. The second-order valence-electron chi connectivity index (χ2n) is 6.12. The average molecular weight is 441 g/mol. The maximum absolute atomic E-state index is 6.38. The summed E-state index contributed by atoms with van der Waals surface area (Å²) in [5.41, 5.74) is 3.87. The number of hydrogen-bond donors (Lipinski definition) is 1. The molecule has 0 bridgehead atoms. The third-order valence-electron chi connectivity index (χ3n) is 3.97. The van der Waals surface area contributed by atoms with Gasteiger partial charge in [0.1, 0.15) is 12.4 Å². The minimum atomic E-state index is 0.273. The Morgan fingerprint density at radius 3 is 2.33 bits per heavy atom. The van der Waals surface area contributed by atoms with Gasteiger partial charge in [-0.05, 0) is 48.9 Å². The molecule has 3 aromatic carbocycles. The summed E-state index contributed by atoms with van der Waals surface area (Å²) in [6.07, 6.45) is 0. The number of ether oxygens (including phenoxy) is 1. The van der Waals surface area contributed by atoms with E-state index in [-0.39, 0.29) is 6.61 Å². The Morgan fingerprint density at radius 2 is 1.59 bits per heavy atom. The van der Waals surface area contributed by atoms with Crippen molar-refractivity contribution >= 4 is 52.1 Å². The normalized spacial score (nSPS) is 10.7. The van der Waals surface area contributed by atoms with E-state index in [0.29, 0.717) is 32.4 Å². The Kier molecular flexibility index (Phi) is 6.78. The molecule has 0 aliphatic rings. The molecule has 0 aliphatic carbocycles. The number of aryl methyl sites for hydroxylation is 1. The van der Waals surface area contributed by atoms with Crippen LogP contribution in [0.3, 0.4) is 0 Å². The molecular weight excluding hydrogens is 424 g/mol. The summed E-state index contributed by atoms with van der Waals surface area (Å²) in [7, 11) is 0. The Balaban J connectivity index is 1.79. The van der Waals surface area contributed by atoms with Crippen molar-refractivity contribution in [3.63, 3.8) is 0 Å². The third-order valence-corrected chi connectivity index (χ3v) is 5.06. The van der Waals surface area contributed by atoms with E-state index >= 15 is 0 Å². The van der Waals surface area contributed by atoms with Crippen LogP contribution in [0.15, 0.2) is 54.6 Å². The predicted octanol–water partition coefficient (Wildman–Crippen LogP) is 7.80. The molecule has 0 amide bonds. The van der Waals surface area contributed by atoms with Crippen molar-refractivity contribution in [1.82, 2.24) is 0 Å². The van der Waals surface area contributed by atoms with Gasteiger partial charge < -0.3 is 10.1 Å². The first-order chi connectivity index (χ1) is 12.9. The zero-order chi connectivity index (χ0) is 19.4. The molecule has 0 fully saturated rings. The van der Waals surface area contributed by atoms with Crippen LogP contribution in [0.25, 0.3) is 0 Å². The highest BCUT2D eigenvalue weighted by Gasteiger charge is 2.12. The highest BCUT2D eigenvalue weighted by atomic mass is 35.5. The minimum absolute atomic E-state index is 0.273. The summed E-state index contributed by atoms with van der Waals surface area (Å²) in [6.45, 7) is 2.84.